The zero-order valence-electron chi connectivity index (χ0n) is 14.8. The van der Waals surface area contributed by atoms with Gasteiger partial charge < -0.3 is 4.90 Å². The molecule has 0 saturated heterocycles. The molecule has 3 aromatic rings. The Balaban J connectivity index is 1.49. The van der Waals surface area contributed by atoms with Crippen LogP contribution < -0.4 is 4.72 Å². The number of rotatable bonds is 4. The Hall–Kier alpha value is -2.35. The lowest BCUT2D eigenvalue weighted by Gasteiger charge is -2.27. The molecule has 0 spiro atoms. The maximum atomic E-state index is 12.8. The molecule has 1 N–H and O–H groups in total. The van der Waals surface area contributed by atoms with Crippen LogP contribution in [0.1, 0.15) is 20.8 Å². The molecule has 2 aromatic carbocycles. The van der Waals surface area contributed by atoms with Gasteiger partial charge in [-0.3, -0.25) is 9.52 Å². The van der Waals surface area contributed by atoms with E-state index >= 15 is 0 Å². The summed E-state index contributed by atoms with van der Waals surface area (Å²) in [5, 5.41) is 2.57. The van der Waals surface area contributed by atoms with Crippen LogP contribution in [0.2, 0.25) is 5.02 Å². The summed E-state index contributed by atoms with van der Waals surface area (Å²) in [5.74, 6) is -0.0912. The summed E-state index contributed by atoms with van der Waals surface area (Å²) in [5.41, 5.74) is 2.09. The van der Waals surface area contributed by atoms with Crippen molar-refractivity contribution in [1.82, 2.24) is 4.90 Å². The van der Waals surface area contributed by atoms with Crippen molar-refractivity contribution < 1.29 is 13.2 Å². The molecule has 1 aliphatic heterocycles. The Morgan fingerprint density at radius 3 is 2.46 bits per heavy atom. The lowest BCUT2D eigenvalue weighted by molar-refractivity contribution is 0.0736. The SMILES string of the molecule is O=C(c1ccc(S(=O)(=O)Nc2ccc(Cl)cc2)cc1)N1CCc2sccc2C1. The minimum Gasteiger partial charge on any atom is -0.334 e. The molecule has 4 rings (SSSR count). The number of benzene rings is 2. The highest BCUT2D eigenvalue weighted by molar-refractivity contribution is 7.92. The summed E-state index contributed by atoms with van der Waals surface area (Å²) in [4.78, 5) is 16.0. The second-order valence-corrected chi connectivity index (χ2v) is 9.60. The molecule has 0 aliphatic carbocycles. The van der Waals surface area contributed by atoms with Crippen LogP contribution in [0.5, 0.6) is 0 Å². The van der Waals surface area contributed by atoms with Crippen molar-refractivity contribution in [2.24, 2.45) is 0 Å². The number of nitrogens with zero attached hydrogens (tertiary/aromatic N) is 1. The molecule has 0 radical (unpaired) electrons. The van der Waals surface area contributed by atoms with Gasteiger partial charge in [-0.15, -0.1) is 11.3 Å². The highest BCUT2D eigenvalue weighted by Crippen LogP contribution is 2.25. The molecule has 1 aliphatic rings. The fourth-order valence-corrected chi connectivity index (χ4v) is 5.19. The first kappa shape index (κ1) is 19.0. The van der Waals surface area contributed by atoms with Gasteiger partial charge in [-0.25, -0.2) is 8.42 Å². The van der Waals surface area contributed by atoms with E-state index in [-0.39, 0.29) is 10.8 Å². The third-order valence-corrected chi connectivity index (χ3v) is 7.28. The van der Waals surface area contributed by atoms with Gasteiger partial charge in [0.2, 0.25) is 0 Å². The molecule has 0 bridgehead atoms. The second-order valence-electron chi connectivity index (χ2n) is 6.48. The van der Waals surface area contributed by atoms with Crippen molar-refractivity contribution in [3.8, 4) is 0 Å². The topological polar surface area (TPSA) is 66.5 Å². The standard InChI is InChI=1S/C20H17ClN2O3S2/c21-16-3-5-17(6-4-16)22-28(25,26)18-7-1-14(2-8-18)20(24)23-11-9-19-15(13-23)10-12-27-19/h1-8,10,12,22H,9,11,13H2. The highest BCUT2D eigenvalue weighted by atomic mass is 35.5. The quantitative estimate of drug-likeness (QED) is 0.664. The lowest BCUT2D eigenvalue weighted by atomic mass is 10.1. The monoisotopic (exact) mass is 432 g/mol. The van der Waals surface area contributed by atoms with Gasteiger partial charge in [-0.2, -0.15) is 0 Å². The number of nitrogens with one attached hydrogen (secondary N) is 1. The van der Waals surface area contributed by atoms with E-state index in [1.165, 1.54) is 22.6 Å². The molecule has 1 aromatic heterocycles. The van der Waals surface area contributed by atoms with Gasteiger partial charge >= 0.3 is 0 Å². The van der Waals surface area contributed by atoms with Crippen LogP contribution in [-0.2, 0) is 23.0 Å². The summed E-state index contributed by atoms with van der Waals surface area (Å²) in [7, 11) is -3.74. The zero-order chi connectivity index (χ0) is 19.7. The van der Waals surface area contributed by atoms with Crippen molar-refractivity contribution in [1.29, 1.82) is 0 Å². The summed E-state index contributed by atoms with van der Waals surface area (Å²) in [6.45, 7) is 1.26. The van der Waals surface area contributed by atoms with E-state index in [1.54, 1.807) is 52.6 Å². The lowest BCUT2D eigenvalue weighted by Crippen LogP contribution is -2.35. The van der Waals surface area contributed by atoms with E-state index in [1.807, 2.05) is 5.38 Å². The Labute approximate surface area is 172 Å². The predicted octanol–water partition coefficient (Wildman–Crippen LogP) is 4.40. The first-order valence-corrected chi connectivity index (χ1v) is 11.4. The average Bonchev–Trinajstić information content (AvgIpc) is 3.17. The molecule has 0 unspecified atom stereocenters. The number of fused-ring (bicyclic) bond motifs is 1. The van der Waals surface area contributed by atoms with Gasteiger partial charge in [-0.05, 0) is 72.0 Å². The van der Waals surface area contributed by atoms with Crippen LogP contribution in [0.3, 0.4) is 0 Å². The van der Waals surface area contributed by atoms with Crippen LogP contribution >= 0.6 is 22.9 Å². The van der Waals surface area contributed by atoms with Gasteiger partial charge in [0.15, 0.2) is 0 Å². The molecule has 0 fully saturated rings. The van der Waals surface area contributed by atoms with E-state index in [0.29, 0.717) is 29.4 Å². The molecule has 0 atom stereocenters. The van der Waals surface area contributed by atoms with E-state index < -0.39 is 10.0 Å². The fourth-order valence-electron chi connectivity index (χ4n) is 3.11. The van der Waals surface area contributed by atoms with Crippen molar-refractivity contribution in [2.45, 2.75) is 17.9 Å². The first-order valence-electron chi connectivity index (χ1n) is 8.65. The summed E-state index contributed by atoms with van der Waals surface area (Å²) in [6.07, 6.45) is 0.857. The largest absolute Gasteiger partial charge is 0.334 e. The Morgan fingerprint density at radius 1 is 1.04 bits per heavy atom. The molecule has 28 heavy (non-hydrogen) atoms. The smallest absolute Gasteiger partial charge is 0.261 e. The number of hydrogen-bond acceptors (Lipinski definition) is 4. The molecule has 5 nitrogen and oxygen atoms in total. The number of carbonyl (C=O) groups excluding carboxylic acids is 1. The average molecular weight is 433 g/mol. The molecule has 144 valence electrons. The second kappa shape index (κ2) is 7.58. The Bertz CT molecular complexity index is 1110. The normalized spacial score (nSPS) is 13.8. The fraction of sp³-hybridized carbons (Fsp3) is 0.150. The number of halogens is 1. The maximum Gasteiger partial charge on any atom is 0.261 e. The molecular weight excluding hydrogens is 416 g/mol. The number of amides is 1. The number of carbonyl (C=O) groups is 1. The zero-order valence-corrected chi connectivity index (χ0v) is 17.2. The van der Waals surface area contributed by atoms with Crippen LogP contribution in [-0.4, -0.2) is 25.8 Å². The third-order valence-electron chi connectivity index (χ3n) is 4.60. The number of sulfonamides is 1. The minimum absolute atomic E-state index is 0.0912. The Kier molecular flexibility index (Phi) is 5.14. The van der Waals surface area contributed by atoms with Crippen LogP contribution in [0.25, 0.3) is 0 Å². The maximum absolute atomic E-state index is 12.8. The molecule has 0 saturated carbocycles. The molecule has 8 heteroatoms. The third kappa shape index (κ3) is 3.92. The Morgan fingerprint density at radius 2 is 1.75 bits per heavy atom. The number of anilines is 1. The summed E-state index contributed by atoms with van der Waals surface area (Å²) >= 11 is 7.54. The minimum atomic E-state index is -3.74. The van der Waals surface area contributed by atoms with Gasteiger partial charge in [0.1, 0.15) is 0 Å². The van der Waals surface area contributed by atoms with Gasteiger partial charge in [0.25, 0.3) is 15.9 Å². The summed E-state index contributed by atoms with van der Waals surface area (Å²) in [6, 6.07) is 14.5. The molecule has 2 heterocycles. The van der Waals surface area contributed by atoms with Gasteiger partial charge in [-0.1, -0.05) is 11.6 Å². The summed E-state index contributed by atoms with van der Waals surface area (Å²) < 4.78 is 27.6. The van der Waals surface area contributed by atoms with Crippen LogP contribution in [0.15, 0.2) is 64.9 Å². The van der Waals surface area contributed by atoms with E-state index in [9.17, 15) is 13.2 Å². The van der Waals surface area contributed by atoms with E-state index in [4.69, 9.17) is 11.6 Å². The highest BCUT2D eigenvalue weighted by Gasteiger charge is 2.23. The van der Waals surface area contributed by atoms with Crippen molar-refractivity contribution in [3.63, 3.8) is 0 Å². The van der Waals surface area contributed by atoms with Crippen LogP contribution in [0.4, 0.5) is 5.69 Å². The first-order chi connectivity index (χ1) is 13.4. The van der Waals surface area contributed by atoms with Crippen LogP contribution in [0, 0.1) is 0 Å². The predicted molar refractivity (Wildman–Crippen MR) is 111 cm³/mol. The molecule has 1 amide bonds. The van der Waals surface area contributed by atoms with Crippen molar-refractivity contribution in [3.05, 3.63) is 81.0 Å². The van der Waals surface area contributed by atoms with E-state index in [2.05, 4.69) is 10.8 Å². The van der Waals surface area contributed by atoms with Crippen molar-refractivity contribution >= 4 is 44.6 Å². The van der Waals surface area contributed by atoms with Crippen molar-refractivity contribution in [2.75, 3.05) is 11.3 Å². The number of thiophene rings is 1. The van der Waals surface area contributed by atoms with Gasteiger partial charge in [0, 0.05) is 34.2 Å². The number of hydrogen-bond donors (Lipinski definition) is 1. The van der Waals surface area contributed by atoms with E-state index in [0.717, 1.165) is 6.42 Å². The molecular formula is C20H17ClN2O3S2. The van der Waals surface area contributed by atoms with Gasteiger partial charge in [0.05, 0.1) is 4.90 Å².